The molecule has 0 fully saturated rings. The number of rotatable bonds is 2. The molecule has 1 aromatic heterocycles. The maximum atomic E-state index is 12.5. The molecule has 0 spiro atoms. The van der Waals surface area contributed by atoms with Crippen LogP contribution >= 0.6 is 0 Å². The zero-order valence-electron chi connectivity index (χ0n) is 8.76. The van der Waals surface area contributed by atoms with Gasteiger partial charge < -0.3 is 5.73 Å². The second-order valence-electron chi connectivity index (χ2n) is 3.56. The standard InChI is InChI=1S/C9H11F3N4/c1-4(2)8-15-5(7(13)14)3-6(16-8)9(10,11)12/h3-4H,1-2H3,(H3,13,14). The number of halogens is 3. The van der Waals surface area contributed by atoms with Gasteiger partial charge in [-0.3, -0.25) is 5.41 Å². The van der Waals surface area contributed by atoms with Gasteiger partial charge in [-0.1, -0.05) is 13.8 Å². The van der Waals surface area contributed by atoms with Crippen LogP contribution in [0.3, 0.4) is 0 Å². The Morgan fingerprint density at radius 3 is 2.31 bits per heavy atom. The minimum absolute atomic E-state index is 0.0278. The summed E-state index contributed by atoms with van der Waals surface area (Å²) in [7, 11) is 0. The number of hydrogen-bond acceptors (Lipinski definition) is 3. The summed E-state index contributed by atoms with van der Waals surface area (Å²) in [5, 5.41) is 7.09. The number of nitrogen functional groups attached to an aromatic ring is 1. The molecule has 7 heteroatoms. The fourth-order valence-corrected chi connectivity index (χ4v) is 1.01. The van der Waals surface area contributed by atoms with Crippen molar-refractivity contribution in [3.63, 3.8) is 0 Å². The van der Waals surface area contributed by atoms with Crippen LogP contribution in [0.1, 0.15) is 37.0 Å². The summed E-state index contributed by atoms with van der Waals surface area (Å²) in [5.74, 6) is -0.741. The van der Waals surface area contributed by atoms with Crippen molar-refractivity contribution in [3.8, 4) is 0 Å². The third kappa shape index (κ3) is 2.68. The summed E-state index contributed by atoms with van der Waals surface area (Å²) in [5.41, 5.74) is 3.85. The molecular weight excluding hydrogens is 221 g/mol. The molecule has 0 saturated carbocycles. The normalized spacial score (nSPS) is 11.9. The number of alkyl halides is 3. The monoisotopic (exact) mass is 232 g/mol. The lowest BCUT2D eigenvalue weighted by Gasteiger charge is -2.11. The van der Waals surface area contributed by atoms with Gasteiger partial charge in [-0.15, -0.1) is 0 Å². The maximum Gasteiger partial charge on any atom is 0.433 e. The highest BCUT2D eigenvalue weighted by Gasteiger charge is 2.34. The molecule has 4 nitrogen and oxygen atoms in total. The first-order chi connectivity index (χ1) is 7.21. The summed E-state index contributed by atoms with van der Waals surface area (Å²) in [6, 6.07) is 0.675. The fourth-order valence-electron chi connectivity index (χ4n) is 1.01. The van der Waals surface area contributed by atoms with Crippen LogP contribution in [0, 0.1) is 5.41 Å². The third-order valence-electron chi connectivity index (χ3n) is 1.83. The highest BCUT2D eigenvalue weighted by atomic mass is 19.4. The Morgan fingerprint density at radius 1 is 1.38 bits per heavy atom. The minimum atomic E-state index is -4.56. The largest absolute Gasteiger partial charge is 0.433 e. The van der Waals surface area contributed by atoms with Crippen LogP contribution in [-0.2, 0) is 6.18 Å². The number of nitrogens with zero attached hydrogens (tertiary/aromatic N) is 2. The van der Waals surface area contributed by atoms with E-state index in [0.29, 0.717) is 6.07 Å². The van der Waals surface area contributed by atoms with E-state index in [9.17, 15) is 13.2 Å². The van der Waals surface area contributed by atoms with Crippen LogP contribution in [0.15, 0.2) is 6.07 Å². The summed E-state index contributed by atoms with van der Waals surface area (Å²) < 4.78 is 37.4. The predicted molar refractivity (Wildman–Crippen MR) is 52.1 cm³/mol. The molecular formula is C9H11F3N4. The van der Waals surface area contributed by atoms with Crippen LogP contribution in [-0.4, -0.2) is 15.8 Å². The molecule has 0 aliphatic carbocycles. The average molecular weight is 232 g/mol. The van der Waals surface area contributed by atoms with Crippen LogP contribution in [0.2, 0.25) is 0 Å². The van der Waals surface area contributed by atoms with E-state index in [-0.39, 0.29) is 17.4 Å². The zero-order valence-corrected chi connectivity index (χ0v) is 8.76. The molecule has 0 atom stereocenters. The molecule has 0 bridgehead atoms. The highest BCUT2D eigenvalue weighted by Crippen LogP contribution is 2.28. The van der Waals surface area contributed by atoms with Crippen molar-refractivity contribution in [1.82, 2.24) is 9.97 Å². The summed E-state index contributed by atoms with van der Waals surface area (Å²) in [4.78, 5) is 7.18. The van der Waals surface area contributed by atoms with Gasteiger partial charge in [0.1, 0.15) is 23.0 Å². The van der Waals surface area contributed by atoms with E-state index < -0.39 is 17.7 Å². The van der Waals surface area contributed by atoms with Gasteiger partial charge in [0, 0.05) is 5.92 Å². The Kier molecular flexibility index (Phi) is 3.16. The van der Waals surface area contributed by atoms with Gasteiger partial charge in [0.05, 0.1) is 0 Å². The average Bonchev–Trinajstić information content (AvgIpc) is 2.15. The maximum absolute atomic E-state index is 12.5. The molecule has 0 unspecified atom stereocenters. The molecule has 16 heavy (non-hydrogen) atoms. The molecule has 0 aromatic carbocycles. The van der Waals surface area contributed by atoms with Crippen LogP contribution < -0.4 is 5.73 Å². The first-order valence-corrected chi connectivity index (χ1v) is 4.52. The van der Waals surface area contributed by atoms with Gasteiger partial charge in [0.2, 0.25) is 0 Å². The molecule has 88 valence electrons. The first-order valence-electron chi connectivity index (χ1n) is 4.52. The van der Waals surface area contributed by atoms with Crippen molar-refractivity contribution in [2.75, 3.05) is 0 Å². The smallest absolute Gasteiger partial charge is 0.382 e. The van der Waals surface area contributed by atoms with E-state index in [1.807, 2.05) is 0 Å². The van der Waals surface area contributed by atoms with Crippen LogP contribution in [0.5, 0.6) is 0 Å². The Morgan fingerprint density at radius 2 is 1.94 bits per heavy atom. The molecule has 0 radical (unpaired) electrons. The minimum Gasteiger partial charge on any atom is -0.382 e. The number of hydrogen-bond donors (Lipinski definition) is 2. The second-order valence-corrected chi connectivity index (χ2v) is 3.56. The Labute approximate surface area is 90.2 Å². The van der Waals surface area contributed by atoms with Crippen LogP contribution in [0.25, 0.3) is 0 Å². The summed E-state index contributed by atoms with van der Waals surface area (Å²) in [6.07, 6.45) is -4.56. The number of nitrogens with one attached hydrogen (secondary N) is 1. The lowest BCUT2D eigenvalue weighted by Crippen LogP contribution is -2.19. The van der Waals surface area contributed by atoms with Crippen molar-refractivity contribution in [2.45, 2.75) is 25.9 Å². The molecule has 1 rings (SSSR count). The Balaban J connectivity index is 3.36. The lowest BCUT2D eigenvalue weighted by atomic mass is 10.2. The molecule has 0 aliphatic rings. The van der Waals surface area contributed by atoms with Crippen LogP contribution in [0.4, 0.5) is 13.2 Å². The zero-order chi connectivity index (χ0) is 12.5. The van der Waals surface area contributed by atoms with E-state index in [1.165, 1.54) is 0 Å². The lowest BCUT2D eigenvalue weighted by molar-refractivity contribution is -0.141. The Bertz CT molecular complexity index is 412. The van der Waals surface area contributed by atoms with Crippen molar-refractivity contribution in [3.05, 3.63) is 23.3 Å². The van der Waals surface area contributed by atoms with E-state index in [4.69, 9.17) is 11.1 Å². The van der Waals surface area contributed by atoms with E-state index in [1.54, 1.807) is 13.8 Å². The van der Waals surface area contributed by atoms with Gasteiger partial charge in [0.25, 0.3) is 0 Å². The summed E-state index contributed by atoms with van der Waals surface area (Å²) in [6.45, 7) is 3.33. The van der Waals surface area contributed by atoms with E-state index in [2.05, 4.69) is 9.97 Å². The van der Waals surface area contributed by atoms with E-state index in [0.717, 1.165) is 0 Å². The first kappa shape index (κ1) is 12.4. The topological polar surface area (TPSA) is 75.7 Å². The highest BCUT2D eigenvalue weighted by molar-refractivity contribution is 5.93. The van der Waals surface area contributed by atoms with E-state index >= 15 is 0 Å². The molecule has 1 aromatic rings. The third-order valence-corrected chi connectivity index (χ3v) is 1.83. The van der Waals surface area contributed by atoms with Gasteiger partial charge >= 0.3 is 6.18 Å². The quantitative estimate of drug-likeness (QED) is 0.604. The Hall–Kier alpha value is -1.66. The molecule has 0 saturated heterocycles. The fraction of sp³-hybridized carbons (Fsp3) is 0.444. The molecule has 1 heterocycles. The number of nitrogens with two attached hydrogens (primary N) is 1. The van der Waals surface area contributed by atoms with Crippen molar-refractivity contribution in [1.29, 1.82) is 5.41 Å². The molecule has 0 aliphatic heterocycles. The second kappa shape index (κ2) is 4.07. The predicted octanol–water partition coefficient (Wildman–Crippen LogP) is 1.90. The van der Waals surface area contributed by atoms with Crippen molar-refractivity contribution in [2.24, 2.45) is 5.73 Å². The van der Waals surface area contributed by atoms with Gasteiger partial charge in [0.15, 0.2) is 0 Å². The number of amidine groups is 1. The van der Waals surface area contributed by atoms with Gasteiger partial charge in [-0.25, -0.2) is 9.97 Å². The van der Waals surface area contributed by atoms with Gasteiger partial charge in [-0.05, 0) is 6.07 Å². The van der Waals surface area contributed by atoms with Crippen molar-refractivity contribution < 1.29 is 13.2 Å². The molecule has 3 N–H and O–H groups in total. The van der Waals surface area contributed by atoms with Gasteiger partial charge in [-0.2, -0.15) is 13.2 Å². The molecule has 0 amide bonds. The number of aromatic nitrogens is 2. The van der Waals surface area contributed by atoms with Crippen molar-refractivity contribution >= 4 is 5.84 Å². The SMILES string of the molecule is CC(C)c1nc(C(=N)N)cc(C(F)(F)F)n1. The summed E-state index contributed by atoms with van der Waals surface area (Å²) >= 11 is 0.